The Labute approximate surface area is 116 Å². The number of carbonyl (C=O) groups is 2. The lowest BCUT2D eigenvalue weighted by molar-refractivity contribution is -0.144. The Bertz CT molecular complexity index is 512. The molecule has 0 fully saturated rings. The van der Waals surface area contributed by atoms with Crippen LogP contribution in [0.2, 0.25) is 0 Å². The molecular weight excluding hydrogens is 262 g/mol. The molecule has 0 aliphatic carbocycles. The Hall–Kier alpha value is -2.50. The molecule has 6 nitrogen and oxygen atoms in total. The first kappa shape index (κ1) is 13.9. The summed E-state index contributed by atoms with van der Waals surface area (Å²) in [5.41, 5.74) is 0.917. The molecule has 106 valence electrons. The second-order valence-electron chi connectivity index (χ2n) is 4.15. The summed E-state index contributed by atoms with van der Waals surface area (Å²) in [5.74, 6) is -0.970. The molecule has 1 N–H and O–H groups in total. The van der Waals surface area contributed by atoms with Gasteiger partial charge in [-0.3, -0.25) is 4.79 Å². The van der Waals surface area contributed by atoms with Crippen LogP contribution in [0, 0.1) is 0 Å². The molecule has 20 heavy (non-hydrogen) atoms. The van der Waals surface area contributed by atoms with Crippen LogP contribution in [0.15, 0.2) is 42.4 Å². The van der Waals surface area contributed by atoms with Crippen molar-refractivity contribution < 1.29 is 23.8 Å². The molecule has 1 amide bonds. The number of rotatable bonds is 5. The van der Waals surface area contributed by atoms with Crippen molar-refractivity contribution in [3.63, 3.8) is 0 Å². The van der Waals surface area contributed by atoms with Crippen LogP contribution in [0.25, 0.3) is 0 Å². The van der Waals surface area contributed by atoms with Crippen LogP contribution >= 0.6 is 0 Å². The monoisotopic (exact) mass is 277 g/mol. The SMILES string of the molecule is COC(=O)[C@H](Cc1ccccc1)NC(=O)C1=COCO1. The minimum atomic E-state index is -0.778. The van der Waals surface area contributed by atoms with Gasteiger partial charge in [-0.15, -0.1) is 0 Å². The van der Waals surface area contributed by atoms with Crippen molar-refractivity contribution in [2.24, 2.45) is 0 Å². The van der Waals surface area contributed by atoms with Crippen LogP contribution in [-0.4, -0.2) is 31.8 Å². The second kappa shape index (κ2) is 6.60. The van der Waals surface area contributed by atoms with Gasteiger partial charge in [0.2, 0.25) is 12.6 Å². The summed E-state index contributed by atoms with van der Waals surface area (Å²) < 4.78 is 14.5. The third kappa shape index (κ3) is 3.50. The molecule has 0 radical (unpaired) electrons. The first-order valence-corrected chi connectivity index (χ1v) is 6.08. The van der Waals surface area contributed by atoms with E-state index in [2.05, 4.69) is 5.32 Å². The fraction of sp³-hybridized carbons (Fsp3) is 0.286. The van der Waals surface area contributed by atoms with E-state index in [0.29, 0.717) is 6.42 Å². The van der Waals surface area contributed by atoms with Crippen LogP contribution in [0.4, 0.5) is 0 Å². The van der Waals surface area contributed by atoms with Gasteiger partial charge in [0.1, 0.15) is 12.3 Å². The summed E-state index contributed by atoms with van der Waals surface area (Å²) in [4.78, 5) is 23.6. The summed E-state index contributed by atoms with van der Waals surface area (Å²) in [6, 6.07) is 8.57. The molecule has 1 aromatic rings. The molecule has 1 atom stereocenters. The fourth-order valence-electron chi connectivity index (χ4n) is 1.78. The van der Waals surface area contributed by atoms with Gasteiger partial charge in [0.05, 0.1) is 7.11 Å². The standard InChI is InChI=1S/C14H15NO5/c1-18-14(17)11(7-10-5-3-2-4-6-10)15-13(16)12-8-19-9-20-12/h2-6,8,11H,7,9H2,1H3,(H,15,16)/t11-/m0/s1. The molecule has 0 aromatic heterocycles. The van der Waals surface area contributed by atoms with Gasteiger partial charge in [0.15, 0.2) is 0 Å². The van der Waals surface area contributed by atoms with Crippen LogP contribution in [-0.2, 0) is 30.2 Å². The van der Waals surface area contributed by atoms with Gasteiger partial charge in [-0.2, -0.15) is 0 Å². The minimum absolute atomic E-state index is 0.00430. The number of carbonyl (C=O) groups excluding carboxylic acids is 2. The number of amides is 1. The van der Waals surface area contributed by atoms with Crippen molar-refractivity contribution in [1.82, 2.24) is 5.32 Å². The quantitative estimate of drug-likeness (QED) is 0.803. The highest BCUT2D eigenvalue weighted by Gasteiger charge is 2.25. The number of benzene rings is 1. The summed E-state index contributed by atoms with van der Waals surface area (Å²) >= 11 is 0. The molecule has 1 heterocycles. The molecule has 1 aliphatic heterocycles. The van der Waals surface area contributed by atoms with Crippen LogP contribution in [0.5, 0.6) is 0 Å². The van der Waals surface area contributed by atoms with E-state index in [0.717, 1.165) is 5.56 Å². The van der Waals surface area contributed by atoms with Crippen molar-refractivity contribution in [2.45, 2.75) is 12.5 Å². The molecule has 0 saturated heterocycles. The lowest BCUT2D eigenvalue weighted by Gasteiger charge is -2.16. The average molecular weight is 277 g/mol. The Morgan fingerprint density at radius 1 is 1.35 bits per heavy atom. The highest BCUT2D eigenvalue weighted by Crippen LogP contribution is 2.09. The first-order chi connectivity index (χ1) is 9.70. The van der Waals surface area contributed by atoms with Gasteiger partial charge in [-0.1, -0.05) is 30.3 Å². The summed E-state index contributed by atoms with van der Waals surface area (Å²) in [6.07, 6.45) is 1.56. The van der Waals surface area contributed by atoms with E-state index in [1.807, 2.05) is 30.3 Å². The molecule has 1 aliphatic rings. The number of esters is 1. The molecule has 0 unspecified atom stereocenters. The van der Waals surface area contributed by atoms with Gasteiger partial charge in [-0.25, -0.2) is 4.79 Å². The largest absolute Gasteiger partial charge is 0.467 e. The van der Waals surface area contributed by atoms with Crippen molar-refractivity contribution in [3.8, 4) is 0 Å². The van der Waals surface area contributed by atoms with E-state index in [-0.39, 0.29) is 12.6 Å². The van der Waals surface area contributed by atoms with Crippen molar-refractivity contribution in [1.29, 1.82) is 0 Å². The minimum Gasteiger partial charge on any atom is -0.467 e. The zero-order valence-electron chi connectivity index (χ0n) is 11.0. The van der Waals surface area contributed by atoms with E-state index < -0.39 is 17.9 Å². The Kier molecular flexibility index (Phi) is 4.60. The Morgan fingerprint density at radius 2 is 2.10 bits per heavy atom. The maximum absolute atomic E-state index is 11.9. The van der Waals surface area contributed by atoms with Crippen molar-refractivity contribution in [3.05, 3.63) is 47.9 Å². The van der Waals surface area contributed by atoms with Crippen LogP contribution < -0.4 is 5.32 Å². The highest BCUT2D eigenvalue weighted by molar-refractivity contribution is 5.94. The zero-order chi connectivity index (χ0) is 14.4. The van der Waals surface area contributed by atoms with E-state index in [1.54, 1.807) is 0 Å². The third-order valence-electron chi connectivity index (χ3n) is 2.77. The second-order valence-corrected chi connectivity index (χ2v) is 4.15. The van der Waals surface area contributed by atoms with E-state index in [4.69, 9.17) is 14.2 Å². The molecule has 0 saturated carbocycles. The summed E-state index contributed by atoms with van der Waals surface area (Å²) in [5, 5.41) is 2.57. The van der Waals surface area contributed by atoms with Gasteiger partial charge in [0, 0.05) is 6.42 Å². The Balaban J connectivity index is 2.04. The molecule has 2 rings (SSSR count). The number of nitrogens with one attached hydrogen (secondary N) is 1. The van der Waals surface area contributed by atoms with E-state index in [1.165, 1.54) is 13.4 Å². The fourth-order valence-corrected chi connectivity index (χ4v) is 1.78. The number of hydrogen-bond acceptors (Lipinski definition) is 5. The average Bonchev–Trinajstić information content (AvgIpc) is 3.01. The van der Waals surface area contributed by atoms with Gasteiger partial charge < -0.3 is 19.5 Å². The number of ether oxygens (including phenoxy) is 3. The molecule has 1 aromatic carbocycles. The van der Waals surface area contributed by atoms with Gasteiger partial charge in [-0.05, 0) is 5.56 Å². The van der Waals surface area contributed by atoms with Crippen molar-refractivity contribution in [2.75, 3.05) is 13.9 Å². The predicted octanol–water partition coefficient (Wildman–Crippen LogP) is 0.733. The highest BCUT2D eigenvalue weighted by atomic mass is 16.7. The lowest BCUT2D eigenvalue weighted by atomic mass is 10.1. The van der Waals surface area contributed by atoms with Crippen molar-refractivity contribution >= 4 is 11.9 Å². The van der Waals surface area contributed by atoms with E-state index >= 15 is 0 Å². The summed E-state index contributed by atoms with van der Waals surface area (Å²) in [7, 11) is 1.28. The third-order valence-corrected chi connectivity index (χ3v) is 2.77. The molecular formula is C14H15NO5. The maximum Gasteiger partial charge on any atom is 0.328 e. The zero-order valence-corrected chi connectivity index (χ0v) is 11.0. The normalized spacial score (nSPS) is 14.6. The number of methoxy groups -OCH3 is 1. The predicted molar refractivity (Wildman–Crippen MR) is 69.2 cm³/mol. The summed E-state index contributed by atoms with van der Waals surface area (Å²) in [6.45, 7) is 0.00430. The van der Waals surface area contributed by atoms with Crippen LogP contribution in [0.1, 0.15) is 5.56 Å². The molecule has 0 bridgehead atoms. The lowest BCUT2D eigenvalue weighted by Crippen LogP contribution is -2.43. The Morgan fingerprint density at radius 3 is 2.70 bits per heavy atom. The van der Waals surface area contributed by atoms with Gasteiger partial charge in [0.25, 0.3) is 5.91 Å². The van der Waals surface area contributed by atoms with Crippen LogP contribution in [0.3, 0.4) is 0 Å². The molecule has 6 heteroatoms. The maximum atomic E-state index is 11.9. The number of hydrogen-bond donors (Lipinski definition) is 1. The first-order valence-electron chi connectivity index (χ1n) is 6.08. The van der Waals surface area contributed by atoms with Gasteiger partial charge >= 0.3 is 5.97 Å². The van der Waals surface area contributed by atoms with E-state index in [9.17, 15) is 9.59 Å². The molecule has 0 spiro atoms. The smallest absolute Gasteiger partial charge is 0.328 e. The topological polar surface area (TPSA) is 73.9 Å².